The first-order chi connectivity index (χ1) is 17.8. The summed E-state index contributed by atoms with van der Waals surface area (Å²) in [5.74, 6) is 0. The molecule has 5 heteroatoms. The first-order valence-corrected chi connectivity index (χ1v) is 11.9. The Morgan fingerprint density at radius 2 is 1.25 bits per heavy atom. The molecule has 2 heterocycles. The minimum Gasteiger partial charge on any atom is -0.311 e. The molecule has 0 bridgehead atoms. The molecule has 172 valence electrons. The number of hydrogen-bond donors (Lipinski definition) is 0. The van der Waals surface area contributed by atoms with Gasteiger partial charge in [-0.25, -0.2) is 0 Å². The number of benzene rings is 4. The van der Waals surface area contributed by atoms with Crippen molar-refractivity contribution in [1.29, 1.82) is 0 Å². The van der Waals surface area contributed by atoms with Crippen molar-refractivity contribution < 1.29 is 4.70 Å². The maximum atomic E-state index is 4.50. The fourth-order valence-corrected chi connectivity index (χ4v) is 4.37. The van der Waals surface area contributed by atoms with Gasteiger partial charge in [0.05, 0.1) is 10.8 Å². The number of hydrogen-bond acceptors (Lipinski definition) is 4. The van der Waals surface area contributed by atoms with Gasteiger partial charge in [0.1, 0.15) is 5.22 Å². The zero-order valence-corrected chi connectivity index (χ0v) is 19.6. The minimum absolute atomic E-state index is 0.617. The third-order valence-electron chi connectivity index (χ3n) is 6.17. The summed E-state index contributed by atoms with van der Waals surface area (Å²) >= 11 is 0. The summed E-state index contributed by atoms with van der Waals surface area (Å²) in [5, 5.41) is 8.94. The molecule has 0 amide bonds. The highest BCUT2D eigenvalue weighted by atomic mass is 15.5. The maximum Gasteiger partial charge on any atom is 0.231 e. The summed E-state index contributed by atoms with van der Waals surface area (Å²) in [6.07, 6.45) is 1.81. The van der Waals surface area contributed by atoms with Crippen molar-refractivity contribution >= 4 is 28.5 Å². The fourth-order valence-electron chi connectivity index (χ4n) is 4.37. The quantitative estimate of drug-likeness (QED) is 0.240. The average molecular weight is 467 g/mol. The molecule has 0 N–H and O–H groups in total. The molecule has 0 fully saturated rings. The van der Waals surface area contributed by atoms with Crippen LogP contribution >= 0.6 is 0 Å². The van der Waals surface area contributed by atoms with Gasteiger partial charge in [-0.3, -0.25) is 4.98 Å². The van der Waals surface area contributed by atoms with Crippen molar-refractivity contribution in [2.75, 3.05) is 11.4 Å². The molecule has 5 aromatic rings. The third kappa shape index (κ3) is 4.42. The van der Waals surface area contributed by atoms with E-state index in [1.165, 1.54) is 0 Å². The van der Waals surface area contributed by atoms with E-state index in [-0.39, 0.29) is 0 Å². The first kappa shape index (κ1) is 21.6. The molecule has 0 atom stereocenters. The van der Waals surface area contributed by atoms with Gasteiger partial charge in [-0.2, -0.15) is 0 Å². The van der Waals surface area contributed by atoms with Crippen LogP contribution in [0.25, 0.3) is 11.3 Å². The van der Waals surface area contributed by atoms with E-state index in [2.05, 4.69) is 111 Å². The van der Waals surface area contributed by atoms with Crippen LogP contribution in [-0.2, 0) is 0 Å². The number of aromatic nitrogens is 1. The second kappa shape index (κ2) is 9.76. The number of pyridine rings is 1. The Morgan fingerprint density at radius 1 is 0.583 bits per heavy atom. The Labute approximate surface area is 210 Å². The van der Waals surface area contributed by atoms with Crippen molar-refractivity contribution in [3.63, 3.8) is 0 Å². The molecule has 0 saturated carbocycles. The van der Waals surface area contributed by atoms with Gasteiger partial charge >= 0.3 is 0 Å². The summed E-state index contributed by atoms with van der Waals surface area (Å²) in [7, 11) is 0. The van der Waals surface area contributed by atoms with Gasteiger partial charge in [0.15, 0.2) is 12.2 Å². The van der Waals surface area contributed by atoms with Crippen molar-refractivity contribution in [2.45, 2.75) is 0 Å². The number of anilines is 3. The molecule has 36 heavy (non-hydrogen) atoms. The first-order valence-electron chi connectivity index (χ1n) is 11.9. The Balaban J connectivity index is 1.23. The molecule has 1 aromatic heterocycles. The van der Waals surface area contributed by atoms with Crippen LogP contribution in [0.3, 0.4) is 0 Å². The molecule has 4 aromatic carbocycles. The Kier molecular flexibility index (Phi) is 5.86. The van der Waals surface area contributed by atoms with E-state index in [0.717, 1.165) is 45.3 Å². The summed E-state index contributed by atoms with van der Waals surface area (Å²) in [4.78, 5) is 6.71. The lowest BCUT2D eigenvalue weighted by Crippen LogP contribution is -2.13. The highest BCUT2D eigenvalue weighted by molar-refractivity contribution is 6.02. The predicted octanol–water partition coefficient (Wildman–Crippen LogP) is 7.73. The monoisotopic (exact) mass is 466 g/mol. The molecular weight excluding hydrogens is 442 g/mol. The van der Waals surface area contributed by atoms with Gasteiger partial charge in [-0.05, 0) is 72.8 Å². The lowest BCUT2D eigenvalue weighted by Gasteiger charge is -2.25. The highest BCUT2D eigenvalue weighted by Gasteiger charge is 2.24. The van der Waals surface area contributed by atoms with Crippen LogP contribution < -0.4 is 4.90 Å². The second-order valence-electron chi connectivity index (χ2n) is 8.51. The third-order valence-corrected chi connectivity index (χ3v) is 6.17. The van der Waals surface area contributed by atoms with Crippen LogP contribution in [0.2, 0.25) is 0 Å². The van der Waals surface area contributed by atoms with Crippen LogP contribution in [0.15, 0.2) is 144 Å². The number of rotatable bonds is 6. The van der Waals surface area contributed by atoms with Crippen molar-refractivity contribution in [1.82, 2.24) is 4.98 Å². The van der Waals surface area contributed by atoms with Crippen molar-refractivity contribution in [3.05, 3.63) is 139 Å². The summed E-state index contributed by atoms with van der Waals surface area (Å²) in [5.41, 5.74) is 8.31. The highest BCUT2D eigenvalue weighted by Crippen LogP contribution is 2.34. The molecule has 0 aliphatic carbocycles. The van der Waals surface area contributed by atoms with Crippen molar-refractivity contribution in [3.8, 4) is 11.3 Å². The van der Waals surface area contributed by atoms with Crippen LogP contribution in [0.1, 0.15) is 5.56 Å². The largest absolute Gasteiger partial charge is 0.311 e. The van der Waals surface area contributed by atoms with Gasteiger partial charge in [0.2, 0.25) is 5.71 Å². The van der Waals surface area contributed by atoms with E-state index in [1.54, 1.807) is 0 Å². The number of nitrogens with zero attached hydrogens (tertiary/aromatic N) is 5. The van der Waals surface area contributed by atoms with Crippen molar-refractivity contribution in [2.24, 2.45) is 10.3 Å². The molecular formula is C31H24N5+. The van der Waals surface area contributed by atoms with Gasteiger partial charge in [0.25, 0.3) is 0 Å². The fraction of sp³-hybridized carbons (Fsp3) is 0.0323. The SMILES string of the molecule is c1ccc(N(c2ccccc2)c2ccc(C3=NN=[N+](c4cccc(-c5ccccn5)c4)C3)cc2)cc1. The van der Waals surface area contributed by atoms with E-state index in [9.17, 15) is 0 Å². The molecule has 0 radical (unpaired) electrons. The Bertz CT molecular complexity index is 1490. The second-order valence-corrected chi connectivity index (χ2v) is 8.51. The van der Waals surface area contributed by atoms with Gasteiger partial charge in [-0.1, -0.05) is 54.6 Å². The zero-order chi connectivity index (χ0) is 24.2. The Hall–Kier alpha value is -4.90. The average Bonchev–Trinajstić information content (AvgIpc) is 3.46. The summed E-state index contributed by atoms with van der Waals surface area (Å²) < 4.78 is 1.93. The van der Waals surface area contributed by atoms with E-state index < -0.39 is 0 Å². The van der Waals surface area contributed by atoms with Crippen LogP contribution in [-0.4, -0.2) is 21.9 Å². The van der Waals surface area contributed by atoms with E-state index in [1.807, 2.05) is 47.3 Å². The number of para-hydroxylation sites is 2. The lowest BCUT2D eigenvalue weighted by atomic mass is 10.1. The zero-order valence-electron chi connectivity index (χ0n) is 19.6. The topological polar surface area (TPSA) is 43.9 Å². The molecule has 0 unspecified atom stereocenters. The molecule has 0 spiro atoms. The standard InChI is InChI=1S/C31H24N5/c1-3-11-26(12-4-1)36(27-13-5-2-6-14-27)28-19-17-24(18-20-28)31-23-35(34-33-31)29-15-9-10-25(22-29)30-16-7-8-21-32-30/h1-22H,23H2/q+1. The van der Waals surface area contributed by atoms with E-state index in [0.29, 0.717) is 6.54 Å². The molecule has 6 rings (SSSR count). The molecule has 5 nitrogen and oxygen atoms in total. The normalized spacial score (nSPS) is 12.7. The lowest BCUT2D eigenvalue weighted by molar-refractivity contribution is -0.492. The smallest absolute Gasteiger partial charge is 0.231 e. The molecule has 1 aliphatic rings. The van der Waals surface area contributed by atoms with Crippen LogP contribution in [0.4, 0.5) is 22.7 Å². The van der Waals surface area contributed by atoms with E-state index in [4.69, 9.17) is 0 Å². The molecule has 0 saturated heterocycles. The van der Waals surface area contributed by atoms with Crippen LogP contribution in [0, 0.1) is 0 Å². The van der Waals surface area contributed by atoms with Gasteiger partial charge in [0, 0.05) is 34.4 Å². The van der Waals surface area contributed by atoms with Crippen LogP contribution in [0.5, 0.6) is 0 Å². The summed E-state index contributed by atoms with van der Waals surface area (Å²) in [6, 6.07) is 43.5. The Morgan fingerprint density at radius 3 is 1.92 bits per heavy atom. The maximum absolute atomic E-state index is 4.50. The predicted molar refractivity (Wildman–Crippen MR) is 145 cm³/mol. The van der Waals surface area contributed by atoms with Gasteiger partial charge < -0.3 is 4.90 Å². The molecule has 1 aliphatic heterocycles. The van der Waals surface area contributed by atoms with E-state index >= 15 is 0 Å². The minimum atomic E-state index is 0.617. The summed E-state index contributed by atoms with van der Waals surface area (Å²) in [6.45, 7) is 0.617. The van der Waals surface area contributed by atoms with Gasteiger partial charge in [-0.15, -0.1) is 4.70 Å².